The molecule has 0 aliphatic heterocycles. The molecule has 0 fully saturated rings. The van der Waals surface area contributed by atoms with Crippen molar-refractivity contribution >= 4 is 21.6 Å². The number of ether oxygens (including phenoxy) is 1. The number of nitrogens with zero attached hydrogens (tertiary/aromatic N) is 2. The Balaban J connectivity index is 1.61. The molecule has 0 aliphatic carbocycles. The Morgan fingerprint density at radius 3 is 2.60 bits per heavy atom. The topological polar surface area (TPSA) is 78.5 Å². The highest BCUT2D eigenvalue weighted by Gasteiger charge is 2.18. The molecule has 184 valence electrons. The second-order valence-corrected chi connectivity index (χ2v) is 10.2. The molecule has 1 atom stereocenters. The van der Waals surface area contributed by atoms with Crippen LogP contribution in [0.4, 0.5) is 0 Å². The van der Waals surface area contributed by atoms with Crippen LogP contribution in [-0.4, -0.2) is 45.3 Å². The number of fused-ring (bicyclic) bond motifs is 1. The molecule has 0 saturated carbocycles. The zero-order chi connectivity index (χ0) is 24.9. The van der Waals surface area contributed by atoms with Crippen LogP contribution in [0.3, 0.4) is 0 Å². The number of benzene rings is 2. The van der Waals surface area contributed by atoms with E-state index in [2.05, 4.69) is 54.1 Å². The van der Waals surface area contributed by atoms with Crippen LogP contribution >= 0.6 is 11.3 Å². The van der Waals surface area contributed by atoms with Crippen LogP contribution in [0.5, 0.6) is 0 Å². The fraction of sp³-hybridized carbons (Fsp3) is 0.357. The SMILES string of the molecule is Cc1ccc(C)c(-c2csc3nc(CN(Cc4ccccc4)C[C@@H](O)COC(C)C)[nH]c(=O)c23)c1. The van der Waals surface area contributed by atoms with Crippen LogP contribution in [0.1, 0.15) is 36.4 Å². The lowest BCUT2D eigenvalue weighted by molar-refractivity contribution is -0.0109. The first kappa shape index (κ1) is 25.3. The van der Waals surface area contributed by atoms with E-state index >= 15 is 0 Å². The van der Waals surface area contributed by atoms with E-state index in [0.29, 0.717) is 30.8 Å². The van der Waals surface area contributed by atoms with Gasteiger partial charge in [-0.25, -0.2) is 4.98 Å². The van der Waals surface area contributed by atoms with Crippen molar-refractivity contribution in [2.45, 2.75) is 53.0 Å². The summed E-state index contributed by atoms with van der Waals surface area (Å²) in [5.41, 5.74) is 5.27. The van der Waals surface area contributed by atoms with Gasteiger partial charge in [0.25, 0.3) is 5.56 Å². The van der Waals surface area contributed by atoms with Crippen molar-refractivity contribution in [2.75, 3.05) is 13.2 Å². The van der Waals surface area contributed by atoms with Gasteiger partial charge in [0.2, 0.25) is 0 Å². The van der Waals surface area contributed by atoms with E-state index in [1.54, 1.807) is 0 Å². The third kappa shape index (κ3) is 6.44. The zero-order valence-corrected chi connectivity index (χ0v) is 21.6. The summed E-state index contributed by atoms with van der Waals surface area (Å²) in [6.07, 6.45) is -0.591. The van der Waals surface area contributed by atoms with Gasteiger partial charge < -0.3 is 14.8 Å². The molecule has 0 saturated heterocycles. The molecule has 0 bridgehead atoms. The molecule has 0 radical (unpaired) electrons. The van der Waals surface area contributed by atoms with Crippen LogP contribution in [0.15, 0.2) is 58.7 Å². The van der Waals surface area contributed by atoms with Crippen molar-refractivity contribution in [3.8, 4) is 11.1 Å². The van der Waals surface area contributed by atoms with E-state index in [4.69, 9.17) is 9.72 Å². The molecule has 35 heavy (non-hydrogen) atoms. The molecule has 4 rings (SSSR count). The third-order valence-corrected chi connectivity index (χ3v) is 6.76. The fourth-order valence-corrected chi connectivity index (χ4v) is 5.14. The van der Waals surface area contributed by atoms with Gasteiger partial charge in [0, 0.05) is 24.0 Å². The van der Waals surface area contributed by atoms with Gasteiger partial charge in [-0.05, 0) is 44.4 Å². The van der Waals surface area contributed by atoms with Crippen molar-refractivity contribution in [2.24, 2.45) is 0 Å². The predicted octanol–water partition coefficient (Wildman–Crippen LogP) is 5.06. The largest absolute Gasteiger partial charge is 0.389 e. The Morgan fingerprint density at radius 1 is 1.09 bits per heavy atom. The number of aryl methyl sites for hydroxylation is 2. The van der Waals surface area contributed by atoms with Crippen molar-refractivity contribution < 1.29 is 9.84 Å². The van der Waals surface area contributed by atoms with Gasteiger partial charge in [-0.2, -0.15) is 0 Å². The Morgan fingerprint density at radius 2 is 1.86 bits per heavy atom. The van der Waals surface area contributed by atoms with E-state index in [9.17, 15) is 9.90 Å². The van der Waals surface area contributed by atoms with Crippen LogP contribution in [0.25, 0.3) is 21.3 Å². The maximum Gasteiger partial charge on any atom is 0.260 e. The summed E-state index contributed by atoms with van der Waals surface area (Å²) >= 11 is 1.49. The molecule has 0 unspecified atom stereocenters. The minimum Gasteiger partial charge on any atom is -0.389 e. The van der Waals surface area contributed by atoms with E-state index < -0.39 is 6.10 Å². The van der Waals surface area contributed by atoms with Gasteiger partial charge in [-0.3, -0.25) is 9.69 Å². The maximum atomic E-state index is 13.2. The van der Waals surface area contributed by atoms with Gasteiger partial charge in [0.05, 0.1) is 30.7 Å². The second kappa shape index (κ2) is 11.3. The smallest absolute Gasteiger partial charge is 0.260 e. The van der Waals surface area contributed by atoms with E-state index in [1.807, 2.05) is 37.4 Å². The summed E-state index contributed by atoms with van der Waals surface area (Å²) in [5.74, 6) is 0.588. The molecule has 0 amide bonds. The maximum absolute atomic E-state index is 13.2. The zero-order valence-electron chi connectivity index (χ0n) is 20.7. The average Bonchev–Trinajstić information content (AvgIpc) is 3.24. The number of rotatable bonds is 10. The highest BCUT2D eigenvalue weighted by molar-refractivity contribution is 7.17. The Kier molecular flexibility index (Phi) is 8.13. The second-order valence-electron chi connectivity index (χ2n) is 9.35. The van der Waals surface area contributed by atoms with Crippen LogP contribution in [-0.2, 0) is 17.8 Å². The van der Waals surface area contributed by atoms with Crippen LogP contribution in [0, 0.1) is 13.8 Å². The summed E-state index contributed by atoms with van der Waals surface area (Å²) < 4.78 is 5.60. The minimum atomic E-state index is -0.644. The molecule has 4 aromatic rings. The van der Waals surface area contributed by atoms with Gasteiger partial charge in [-0.15, -0.1) is 11.3 Å². The lowest BCUT2D eigenvalue weighted by Crippen LogP contribution is -2.35. The quantitative estimate of drug-likeness (QED) is 0.324. The molecular weight excluding hydrogens is 458 g/mol. The number of aromatic nitrogens is 2. The monoisotopic (exact) mass is 491 g/mol. The molecule has 0 aliphatic rings. The van der Waals surface area contributed by atoms with Crippen molar-refractivity contribution in [1.29, 1.82) is 0 Å². The highest BCUT2D eigenvalue weighted by Crippen LogP contribution is 2.33. The molecular formula is C28H33N3O3S. The van der Waals surface area contributed by atoms with Crippen molar-refractivity contribution in [1.82, 2.24) is 14.9 Å². The Labute approximate surface area is 210 Å². The van der Waals surface area contributed by atoms with E-state index in [1.165, 1.54) is 11.3 Å². The van der Waals surface area contributed by atoms with Crippen molar-refractivity contribution in [3.05, 3.63) is 86.8 Å². The number of aliphatic hydroxyl groups is 1. The fourth-order valence-electron chi connectivity index (χ4n) is 4.19. The summed E-state index contributed by atoms with van der Waals surface area (Å²) in [7, 11) is 0. The standard InChI is InChI=1S/C28H33N3O3S/c1-18(2)34-16-22(32)14-31(13-21-8-6-5-7-9-21)15-25-29-27(33)26-24(17-35-28(26)30-25)23-12-19(3)10-11-20(23)4/h5-12,17-18,22,32H,13-16H2,1-4H3,(H,29,30,33)/t22-/m1/s1. The van der Waals surface area contributed by atoms with Crippen molar-refractivity contribution in [3.63, 3.8) is 0 Å². The first-order valence-electron chi connectivity index (χ1n) is 11.9. The lowest BCUT2D eigenvalue weighted by atomic mass is 9.99. The summed E-state index contributed by atoms with van der Waals surface area (Å²) in [4.78, 5) is 23.8. The lowest BCUT2D eigenvalue weighted by Gasteiger charge is -2.25. The number of H-pyrrole nitrogens is 1. The van der Waals surface area contributed by atoms with Gasteiger partial charge in [-0.1, -0.05) is 54.1 Å². The summed E-state index contributed by atoms with van der Waals surface area (Å²) in [5, 5.41) is 13.2. The molecule has 2 N–H and O–H groups in total. The Bertz CT molecular complexity index is 1330. The van der Waals surface area contributed by atoms with E-state index in [0.717, 1.165) is 32.6 Å². The number of aromatic amines is 1. The summed E-state index contributed by atoms with van der Waals surface area (Å²) in [6.45, 7) is 9.72. The predicted molar refractivity (Wildman–Crippen MR) is 143 cm³/mol. The highest BCUT2D eigenvalue weighted by atomic mass is 32.1. The number of hydrogen-bond donors (Lipinski definition) is 2. The number of thiophene rings is 1. The van der Waals surface area contributed by atoms with E-state index in [-0.39, 0.29) is 18.3 Å². The third-order valence-electron chi connectivity index (χ3n) is 5.89. The number of aliphatic hydroxyl groups excluding tert-OH is 1. The van der Waals surface area contributed by atoms with Crippen LogP contribution in [0.2, 0.25) is 0 Å². The summed E-state index contributed by atoms with van der Waals surface area (Å²) in [6, 6.07) is 16.4. The molecule has 0 spiro atoms. The first-order chi connectivity index (χ1) is 16.8. The van der Waals surface area contributed by atoms with Gasteiger partial charge in [0.1, 0.15) is 10.7 Å². The molecule has 2 heterocycles. The van der Waals surface area contributed by atoms with Crippen LogP contribution < -0.4 is 5.56 Å². The number of nitrogens with one attached hydrogen (secondary N) is 1. The minimum absolute atomic E-state index is 0.0534. The molecule has 2 aromatic heterocycles. The average molecular weight is 492 g/mol. The van der Waals surface area contributed by atoms with Gasteiger partial charge in [0.15, 0.2) is 0 Å². The Hall–Kier alpha value is -2.84. The normalized spacial score (nSPS) is 12.7. The molecule has 6 nitrogen and oxygen atoms in total. The first-order valence-corrected chi connectivity index (χ1v) is 12.8. The molecule has 2 aromatic carbocycles. The molecule has 7 heteroatoms. The van der Waals surface area contributed by atoms with Gasteiger partial charge >= 0.3 is 0 Å². The number of hydrogen-bond acceptors (Lipinski definition) is 6.